The highest BCUT2D eigenvalue weighted by atomic mass is 79.9. The van der Waals surface area contributed by atoms with E-state index in [-0.39, 0.29) is 0 Å². The highest BCUT2D eigenvalue weighted by Gasteiger charge is 2.24. The minimum absolute atomic E-state index is 0.579. The first-order valence-electron chi connectivity index (χ1n) is 6.67. The summed E-state index contributed by atoms with van der Waals surface area (Å²) >= 11 is 3.37. The first-order chi connectivity index (χ1) is 9.15. The fraction of sp³-hybridized carbons (Fsp3) is 0.692. The van der Waals surface area contributed by atoms with E-state index in [2.05, 4.69) is 42.6 Å². The molecule has 0 aliphatic carbocycles. The Kier molecular flexibility index (Phi) is 4.99. The van der Waals surface area contributed by atoms with Crippen LogP contribution in [0.1, 0.15) is 19.8 Å². The maximum atomic E-state index is 5.21. The van der Waals surface area contributed by atoms with Gasteiger partial charge in [-0.3, -0.25) is 4.90 Å². The number of rotatable bonds is 5. The van der Waals surface area contributed by atoms with E-state index >= 15 is 0 Å². The molecule has 2 rings (SSSR count). The van der Waals surface area contributed by atoms with Crippen molar-refractivity contribution in [3.05, 3.63) is 10.7 Å². The van der Waals surface area contributed by atoms with Gasteiger partial charge < -0.3 is 9.64 Å². The van der Waals surface area contributed by atoms with Gasteiger partial charge in [0.15, 0.2) is 0 Å². The van der Waals surface area contributed by atoms with Crippen LogP contribution in [0.15, 0.2) is 10.7 Å². The van der Waals surface area contributed by atoms with Gasteiger partial charge in [0.25, 0.3) is 0 Å². The zero-order valence-corrected chi connectivity index (χ0v) is 13.4. The Labute approximate surface area is 123 Å². The van der Waals surface area contributed by atoms with Gasteiger partial charge in [0.2, 0.25) is 11.8 Å². The van der Waals surface area contributed by atoms with Gasteiger partial charge in [-0.25, -0.2) is 4.98 Å². The third-order valence-corrected chi connectivity index (χ3v) is 4.17. The van der Waals surface area contributed by atoms with E-state index in [0.717, 1.165) is 17.6 Å². The van der Waals surface area contributed by atoms with Gasteiger partial charge in [-0.05, 0) is 41.9 Å². The van der Waals surface area contributed by atoms with Gasteiger partial charge in [0, 0.05) is 19.6 Å². The van der Waals surface area contributed by atoms with Crippen molar-refractivity contribution in [2.24, 2.45) is 0 Å². The Balaban J connectivity index is 2.05. The lowest BCUT2D eigenvalue weighted by Crippen LogP contribution is -2.39. The van der Waals surface area contributed by atoms with E-state index < -0.39 is 0 Å². The second kappa shape index (κ2) is 6.52. The molecule has 1 aromatic rings. The van der Waals surface area contributed by atoms with Gasteiger partial charge in [0.1, 0.15) is 0 Å². The molecule has 0 amide bonds. The molecular weight excluding hydrogens is 308 g/mol. The molecule has 0 bridgehead atoms. The molecular formula is C13H21BrN4O. The fourth-order valence-corrected chi connectivity index (χ4v) is 2.94. The quantitative estimate of drug-likeness (QED) is 0.828. The molecule has 1 unspecified atom stereocenters. The Bertz CT molecular complexity index is 429. The second-order valence-corrected chi connectivity index (χ2v) is 5.69. The number of hydrogen-bond donors (Lipinski definition) is 0. The van der Waals surface area contributed by atoms with E-state index in [1.807, 2.05) is 7.05 Å². The maximum absolute atomic E-state index is 5.21. The van der Waals surface area contributed by atoms with Gasteiger partial charge in [0.05, 0.1) is 17.8 Å². The van der Waals surface area contributed by atoms with Crippen LogP contribution in [0.4, 0.5) is 5.95 Å². The Hall–Kier alpha value is -0.880. The molecule has 0 saturated carbocycles. The van der Waals surface area contributed by atoms with Crippen LogP contribution in [0.2, 0.25) is 0 Å². The minimum atomic E-state index is 0.579. The van der Waals surface area contributed by atoms with Gasteiger partial charge in [-0.2, -0.15) is 4.98 Å². The first-order valence-corrected chi connectivity index (χ1v) is 7.46. The number of anilines is 1. The van der Waals surface area contributed by atoms with E-state index in [0.29, 0.717) is 17.9 Å². The third kappa shape index (κ3) is 3.36. The highest BCUT2D eigenvalue weighted by molar-refractivity contribution is 9.10. The summed E-state index contributed by atoms with van der Waals surface area (Å²) in [7, 11) is 3.65. The maximum Gasteiger partial charge on any atom is 0.232 e. The van der Waals surface area contributed by atoms with Crippen molar-refractivity contribution < 1.29 is 4.74 Å². The lowest BCUT2D eigenvalue weighted by atomic mass is 10.2. The molecule has 1 saturated heterocycles. The van der Waals surface area contributed by atoms with Crippen molar-refractivity contribution in [3.63, 3.8) is 0 Å². The Morgan fingerprint density at radius 2 is 2.37 bits per heavy atom. The van der Waals surface area contributed by atoms with E-state index in [1.54, 1.807) is 13.3 Å². The summed E-state index contributed by atoms with van der Waals surface area (Å²) < 4.78 is 5.99. The Morgan fingerprint density at radius 3 is 3.05 bits per heavy atom. The van der Waals surface area contributed by atoms with Crippen LogP contribution in [0, 0.1) is 0 Å². The van der Waals surface area contributed by atoms with E-state index in [1.165, 1.54) is 19.4 Å². The molecule has 1 aliphatic heterocycles. The van der Waals surface area contributed by atoms with Crippen molar-refractivity contribution in [3.8, 4) is 5.88 Å². The predicted molar refractivity (Wildman–Crippen MR) is 79.8 cm³/mol. The normalized spacial score (nSPS) is 19.7. The van der Waals surface area contributed by atoms with Crippen LogP contribution >= 0.6 is 15.9 Å². The van der Waals surface area contributed by atoms with Crippen LogP contribution < -0.4 is 9.64 Å². The summed E-state index contributed by atoms with van der Waals surface area (Å²) in [5, 5.41) is 0. The molecule has 0 radical (unpaired) electrons. The minimum Gasteiger partial charge on any atom is -0.480 e. The molecule has 106 valence electrons. The molecule has 5 nitrogen and oxygen atoms in total. The van der Waals surface area contributed by atoms with Crippen molar-refractivity contribution in [2.45, 2.75) is 25.8 Å². The van der Waals surface area contributed by atoms with Gasteiger partial charge >= 0.3 is 0 Å². The zero-order valence-electron chi connectivity index (χ0n) is 11.8. The summed E-state index contributed by atoms with van der Waals surface area (Å²) in [6.45, 7) is 5.50. The van der Waals surface area contributed by atoms with Crippen molar-refractivity contribution >= 4 is 21.9 Å². The molecule has 2 heterocycles. The SMILES string of the molecule is CCN1CCCC1CN(C)c1ncc(Br)c(OC)n1. The third-order valence-electron chi connectivity index (χ3n) is 3.62. The number of methoxy groups -OCH3 is 1. The van der Waals surface area contributed by atoms with Crippen LogP contribution in [0.5, 0.6) is 5.88 Å². The summed E-state index contributed by atoms with van der Waals surface area (Å²) in [6.07, 6.45) is 4.28. The summed E-state index contributed by atoms with van der Waals surface area (Å²) in [5.41, 5.74) is 0. The number of ether oxygens (including phenoxy) is 1. The lowest BCUT2D eigenvalue weighted by Gasteiger charge is -2.27. The molecule has 6 heteroatoms. The molecule has 0 spiro atoms. The number of likely N-dealkylation sites (N-methyl/N-ethyl adjacent to an activating group) is 2. The molecule has 0 N–H and O–H groups in total. The lowest BCUT2D eigenvalue weighted by molar-refractivity contribution is 0.270. The molecule has 1 atom stereocenters. The van der Waals surface area contributed by atoms with Crippen molar-refractivity contribution in [1.29, 1.82) is 0 Å². The van der Waals surface area contributed by atoms with E-state index in [9.17, 15) is 0 Å². The molecule has 1 fully saturated rings. The summed E-state index contributed by atoms with van der Waals surface area (Å²) in [5.74, 6) is 1.29. The number of aromatic nitrogens is 2. The molecule has 1 aliphatic rings. The molecule has 1 aromatic heterocycles. The molecule has 19 heavy (non-hydrogen) atoms. The standard InChI is InChI=1S/C13H21BrN4O/c1-4-18-7-5-6-10(18)9-17(2)13-15-8-11(14)12(16-13)19-3/h8,10H,4-7,9H2,1-3H3. The monoisotopic (exact) mass is 328 g/mol. The number of halogens is 1. The van der Waals surface area contributed by atoms with Gasteiger partial charge in [-0.15, -0.1) is 0 Å². The number of likely N-dealkylation sites (tertiary alicyclic amines) is 1. The largest absolute Gasteiger partial charge is 0.480 e. The first kappa shape index (κ1) is 14.5. The fourth-order valence-electron chi connectivity index (χ4n) is 2.59. The average Bonchev–Trinajstić information content (AvgIpc) is 2.86. The average molecular weight is 329 g/mol. The van der Waals surface area contributed by atoms with Crippen molar-refractivity contribution in [1.82, 2.24) is 14.9 Å². The smallest absolute Gasteiger partial charge is 0.232 e. The number of nitrogens with zero attached hydrogens (tertiary/aromatic N) is 4. The zero-order chi connectivity index (χ0) is 13.8. The van der Waals surface area contributed by atoms with Gasteiger partial charge in [-0.1, -0.05) is 6.92 Å². The highest BCUT2D eigenvalue weighted by Crippen LogP contribution is 2.24. The topological polar surface area (TPSA) is 41.5 Å². The van der Waals surface area contributed by atoms with Crippen LogP contribution in [-0.2, 0) is 0 Å². The summed E-state index contributed by atoms with van der Waals surface area (Å²) in [4.78, 5) is 13.4. The van der Waals surface area contributed by atoms with Crippen LogP contribution in [-0.4, -0.2) is 54.7 Å². The van der Waals surface area contributed by atoms with Crippen LogP contribution in [0.25, 0.3) is 0 Å². The predicted octanol–water partition coefficient (Wildman–Crippen LogP) is 2.17. The number of hydrogen-bond acceptors (Lipinski definition) is 5. The van der Waals surface area contributed by atoms with Crippen LogP contribution in [0.3, 0.4) is 0 Å². The van der Waals surface area contributed by atoms with Crippen molar-refractivity contribution in [2.75, 3.05) is 38.7 Å². The summed E-state index contributed by atoms with van der Waals surface area (Å²) in [6, 6.07) is 0.605. The van der Waals surface area contributed by atoms with E-state index in [4.69, 9.17) is 4.74 Å². The Morgan fingerprint density at radius 1 is 1.58 bits per heavy atom. The second-order valence-electron chi connectivity index (χ2n) is 4.83. The molecule has 0 aromatic carbocycles.